The van der Waals surface area contributed by atoms with Crippen LogP contribution >= 0.6 is 11.6 Å². The van der Waals surface area contributed by atoms with Gasteiger partial charge in [-0.05, 0) is 36.4 Å². The molecule has 5 nitrogen and oxygen atoms in total. The van der Waals surface area contributed by atoms with E-state index >= 15 is 0 Å². The van der Waals surface area contributed by atoms with Crippen LogP contribution in [-0.2, 0) is 4.79 Å². The van der Waals surface area contributed by atoms with E-state index in [9.17, 15) is 14.0 Å². The SMILES string of the molecule is O=C(C[NH+]1CCN(C(=O)c2ccccc2F)CC1)Nc1ccc(Cl)cc1. The van der Waals surface area contributed by atoms with Gasteiger partial charge < -0.3 is 15.1 Å². The molecule has 0 aromatic heterocycles. The van der Waals surface area contributed by atoms with Gasteiger partial charge in [0.2, 0.25) is 0 Å². The van der Waals surface area contributed by atoms with E-state index in [0.29, 0.717) is 43.4 Å². The smallest absolute Gasteiger partial charge is 0.279 e. The predicted octanol–water partition coefficient (Wildman–Crippen LogP) is 1.46. The zero-order valence-electron chi connectivity index (χ0n) is 14.2. The predicted molar refractivity (Wildman–Crippen MR) is 97.9 cm³/mol. The van der Waals surface area contributed by atoms with Crippen LogP contribution in [0.5, 0.6) is 0 Å². The van der Waals surface area contributed by atoms with Gasteiger partial charge in [-0.3, -0.25) is 9.59 Å². The van der Waals surface area contributed by atoms with Crippen LogP contribution in [-0.4, -0.2) is 49.4 Å². The first kappa shape index (κ1) is 18.4. The quantitative estimate of drug-likeness (QED) is 0.848. The highest BCUT2D eigenvalue weighted by Crippen LogP contribution is 2.13. The number of benzene rings is 2. The Kier molecular flexibility index (Phi) is 5.85. The molecule has 136 valence electrons. The summed E-state index contributed by atoms with van der Waals surface area (Å²) >= 11 is 5.82. The standard InChI is InChI=1S/C19H19ClFN3O2/c20-14-5-7-15(8-6-14)22-18(25)13-23-9-11-24(12-10-23)19(26)16-3-1-2-4-17(16)21/h1-8H,9-13H2,(H,22,25)/p+1. The highest BCUT2D eigenvalue weighted by atomic mass is 35.5. The van der Waals surface area contributed by atoms with Gasteiger partial charge in [-0.15, -0.1) is 0 Å². The number of hydrogen-bond acceptors (Lipinski definition) is 2. The minimum Gasteiger partial charge on any atom is -0.327 e. The fraction of sp³-hybridized carbons (Fsp3) is 0.263. The molecule has 0 atom stereocenters. The van der Waals surface area contributed by atoms with E-state index in [4.69, 9.17) is 11.6 Å². The molecule has 0 aliphatic carbocycles. The van der Waals surface area contributed by atoms with Gasteiger partial charge in [0, 0.05) is 10.7 Å². The molecular formula is C19H20ClFN3O2+. The lowest BCUT2D eigenvalue weighted by atomic mass is 10.1. The fourth-order valence-corrected chi connectivity index (χ4v) is 3.10. The number of rotatable bonds is 4. The van der Waals surface area contributed by atoms with Crippen LogP contribution in [0.3, 0.4) is 0 Å². The van der Waals surface area contributed by atoms with Crippen molar-refractivity contribution < 1.29 is 18.9 Å². The molecule has 0 saturated carbocycles. The van der Waals surface area contributed by atoms with Crippen molar-refractivity contribution in [1.29, 1.82) is 0 Å². The van der Waals surface area contributed by atoms with Gasteiger partial charge in [0.25, 0.3) is 11.8 Å². The number of quaternary nitrogens is 1. The van der Waals surface area contributed by atoms with Crippen molar-refractivity contribution in [3.8, 4) is 0 Å². The summed E-state index contributed by atoms with van der Waals surface area (Å²) in [5, 5.41) is 3.45. The van der Waals surface area contributed by atoms with Crippen LogP contribution in [0.25, 0.3) is 0 Å². The second-order valence-electron chi connectivity index (χ2n) is 6.25. The normalized spacial score (nSPS) is 14.9. The molecule has 1 fully saturated rings. The highest BCUT2D eigenvalue weighted by Gasteiger charge is 2.27. The third-order valence-corrected chi connectivity index (χ3v) is 4.65. The van der Waals surface area contributed by atoms with Crippen molar-refractivity contribution in [2.75, 3.05) is 38.0 Å². The second-order valence-corrected chi connectivity index (χ2v) is 6.69. The monoisotopic (exact) mass is 376 g/mol. The summed E-state index contributed by atoms with van der Waals surface area (Å²) in [4.78, 5) is 27.3. The molecule has 0 bridgehead atoms. The second kappa shape index (κ2) is 8.29. The van der Waals surface area contributed by atoms with Crippen LogP contribution in [0.15, 0.2) is 48.5 Å². The van der Waals surface area contributed by atoms with Gasteiger partial charge in [0.15, 0.2) is 6.54 Å². The molecule has 0 radical (unpaired) electrons. The van der Waals surface area contributed by atoms with Gasteiger partial charge in [-0.1, -0.05) is 23.7 Å². The largest absolute Gasteiger partial charge is 0.327 e. The van der Waals surface area contributed by atoms with Gasteiger partial charge in [0.1, 0.15) is 5.82 Å². The molecule has 1 aliphatic heterocycles. The molecule has 2 aromatic carbocycles. The van der Waals surface area contributed by atoms with Crippen LogP contribution in [0, 0.1) is 5.82 Å². The minimum atomic E-state index is -0.505. The molecule has 1 aliphatic rings. The molecule has 0 spiro atoms. The van der Waals surface area contributed by atoms with Gasteiger partial charge in [-0.25, -0.2) is 4.39 Å². The number of amides is 2. The Bertz CT molecular complexity index is 790. The van der Waals surface area contributed by atoms with Crippen LogP contribution in [0.1, 0.15) is 10.4 Å². The van der Waals surface area contributed by atoms with E-state index < -0.39 is 5.82 Å². The molecule has 1 heterocycles. The summed E-state index contributed by atoms with van der Waals surface area (Å²) in [7, 11) is 0. The first-order valence-electron chi connectivity index (χ1n) is 8.46. The van der Waals surface area contributed by atoms with Crippen LogP contribution < -0.4 is 10.2 Å². The minimum absolute atomic E-state index is 0.0868. The Labute approximate surface area is 156 Å². The number of hydrogen-bond donors (Lipinski definition) is 2. The van der Waals surface area contributed by atoms with Crippen LogP contribution in [0.2, 0.25) is 5.02 Å². The summed E-state index contributed by atoms with van der Waals surface area (Å²) in [6.07, 6.45) is 0. The number of halogens is 2. The Balaban J connectivity index is 1.49. The van der Waals surface area contributed by atoms with E-state index in [-0.39, 0.29) is 17.4 Å². The zero-order chi connectivity index (χ0) is 18.5. The third-order valence-electron chi connectivity index (χ3n) is 4.40. The molecule has 2 amide bonds. The fourth-order valence-electron chi connectivity index (χ4n) is 2.97. The van der Waals surface area contributed by atoms with Crippen molar-refractivity contribution >= 4 is 29.1 Å². The summed E-state index contributed by atoms with van der Waals surface area (Å²) in [6, 6.07) is 12.9. The molecule has 3 rings (SSSR count). The summed E-state index contributed by atoms with van der Waals surface area (Å²) in [5.41, 5.74) is 0.795. The van der Waals surface area contributed by atoms with Gasteiger partial charge in [-0.2, -0.15) is 0 Å². The molecule has 7 heteroatoms. The van der Waals surface area contributed by atoms with Crippen LogP contribution in [0.4, 0.5) is 10.1 Å². The lowest BCUT2D eigenvalue weighted by molar-refractivity contribution is -0.895. The Morgan fingerprint density at radius 1 is 1.08 bits per heavy atom. The summed E-state index contributed by atoms with van der Waals surface area (Å²) in [5.74, 6) is -0.890. The molecule has 2 N–H and O–H groups in total. The number of nitrogens with one attached hydrogen (secondary N) is 2. The first-order chi connectivity index (χ1) is 12.5. The molecule has 0 unspecified atom stereocenters. The average Bonchev–Trinajstić information content (AvgIpc) is 2.64. The molecule has 1 saturated heterocycles. The number of anilines is 1. The Morgan fingerprint density at radius 3 is 2.38 bits per heavy atom. The maximum atomic E-state index is 13.8. The first-order valence-corrected chi connectivity index (χ1v) is 8.83. The van der Waals surface area contributed by atoms with E-state index in [1.165, 1.54) is 12.1 Å². The van der Waals surface area contributed by atoms with Crippen molar-refractivity contribution in [1.82, 2.24) is 4.90 Å². The highest BCUT2D eigenvalue weighted by molar-refractivity contribution is 6.30. The average molecular weight is 377 g/mol. The summed E-state index contributed by atoms with van der Waals surface area (Å²) in [6.45, 7) is 2.61. The van der Waals surface area contributed by atoms with Crippen molar-refractivity contribution in [2.45, 2.75) is 0 Å². The maximum Gasteiger partial charge on any atom is 0.279 e. The van der Waals surface area contributed by atoms with E-state index in [2.05, 4.69) is 5.32 Å². The van der Waals surface area contributed by atoms with E-state index in [1.54, 1.807) is 41.3 Å². The third kappa shape index (κ3) is 4.59. The van der Waals surface area contributed by atoms with Crippen molar-refractivity contribution in [3.05, 3.63) is 64.9 Å². The van der Waals surface area contributed by atoms with E-state index in [0.717, 1.165) is 4.90 Å². The Hall–Kier alpha value is -2.44. The number of nitrogens with zero attached hydrogens (tertiary/aromatic N) is 1. The number of piperazine rings is 1. The number of carbonyl (C=O) groups is 2. The van der Waals surface area contributed by atoms with Gasteiger partial charge in [0.05, 0.1) is 31.7 Å². The zero-order valence-corrected chi connectivity index (χ0v) is 14.9. The molecule has 2 aromatic rings. The summed E-state index contributed by atoms with van der Waals surface area (Å²) < 4.78 is 13.8. The molecular weight excluding hydrogens is 357 g/mol. The maximum absolute atomic E-state index is 13.8. The topological polar surface area (TPSA) is 53.9 Å². The van der Waals surface area contributed by atoms with Crippen molar-refractivity contribution in [3.63, 3.8) is 0 Å². The van der Waals surface area contributed by atoms with Gasteiger partial charge >= 0.3 is 0 Å². The number of carbonyl (C=O) groups excluding carboxylic acids is 2. The molecule has 26 heavy (non-hydrogen) atoms. The van der Waals surface area contributed by atoms with E-state index in [1.807, 2.05) is 0 Å². The Morgan fingerprint density at radius 2 is 1.73 bits per heavy atom. The van der Waals surface area contributed by atoms with Crippen molar-refractivity contribution in [2.24, 2.45) is 0 Å². The lowest BCUT2D eigenvalue weighted by Crippen LogP contribution is -3.15. The lowest BCUT2D eigenvalue weighted by Gasteiger charge is -2.32.